The van der Waals surface area contributed by atoms with Gasteiger partial charge in [-0.15, -0.1) is 0 Å². The largest absolute Gasteiger partial charge is 0.478 e. The first-order valence-electron chi connectivity index (χ1n) is 11.1. The first-order chi connectivity index (χ1) is 13.3. The summed E-state index contributed by atoms with van der Waals surface area (Å²) < 4.78 is 0. The van der Waals surface area contributed by atoms with Gasteiger partial charge < -0.3 is 5.11 Å². The predicted molar refractivity (Wildman–Crippen MR) is 114 cm³/mol. The first kappa shape index (κ1) is 23.4. The predicted octanol–water partition coefficient (Wildman–Crippen LogP) is 7.36. The number of rotatable bonds is 17. The minimum absolute atomic E-state index is 0.352. The summed E-state index contributed by atoms with van der Waals surface area (Å²) >= 11 is 0. The van der Waals surface area contributed by atoms with E-state index >= 15 is 0 Å². The molecule has 0 unspecified atom stereocenters. The molecule has 1 N–H and O–H groups in total. The Labute approximate surface area is 166 Å². The van der Waals surface area contributed by atoms with Crippen LogP contribution in [0.1, 0.15) is 113 Å². The normalized spacial score (nSPS) is 11.3. The molecule has 3 nitrogen and oxygen atoms in total. The van der Waals surface area contributed by atoms with Gasteiger partial charge in [-0.05, 0) is 50.7 Å². The maximum absolute atomic E-state index is 11.1. The zero-order valence-corrected chi connectivity index (χ0v) is 17.3. The summed E-state index contributed by atoms with van der Waals surface area (Å²) in [7, 11) is 0. The molecule has 1 rings (SSSR count). The van der Waals surface area contributed by atoms with Crippen LogP contribution in [-0.2, 0) is 6.42 Å². The minimum atomic E-state index is -0.873. The summed E-state index contributed by atoms with van der Waals surface area (Å²) in [5.41, 5.74) is 1.07. The Bertz CT molecular complexity index is 525. The van der Waals surface area contributed by atoms with Crippen molar-refractivity contribution in [3.8, 4) is 0 Å². The maximum Gasteiger partial charge on any atom is 0.337 e. The lowest BCUT2D eigenvalue weighted by molar-refractivity contribution is 0.0695. The number of carboxylic acid groups (broad SMARTS) is 1. The maximum atomic E-state index is 11.1. The Balaban J connectivity index is 1.91. The van der Waals surface area contributed by atoms with Crippen molar-refractivity contribution in [1.29, 1.82) is 0 Å². The van der Waals surface area contributed by atoms with Gasteiger partial charge in [0.1, 0.15) is 0 Å². The molecular weight excluding hydrogens is 334 g/mol. The monoisotopic (exact) mass is 373 g/mol. The number of carbonyl (C=O) groups is 1. The summed E-state index contributed by atoms with van der Waals surface area (Å²) in [4.78, 5) is 15.4. The Morgan fingerprint density at radius 2 is 1.44 bits per heavy atom. The molecule has 0 radical (unpaired) electrons. The Hall–Kier alpha value is -1.64. The molecule has 1 aromatic rings. The third-order valence-corrected chi connectivity index (χ3v) is 5.05. The molecule has 0 bridgehead atoms. The molecule has 27 heavy (non-hydrogen) atoms. The lowest BCUT2D eigenvalue weighted by Gasteiger charge is -2.04. The molecule has 0 saturated heterocycles. The van der Waals surface area contributed by atoms with Gasteiger partial charge in [-0.25, -0.2) is 4.79 Å². The molecule has 0 fully saturated rings. The van der Waals surface area contributed by atoms with Gasteiger partial charge in [-0.3, -0.25) is 4.98 Å². The van der Waals surface area contributed by atoms with E-state index in [1.54, 1.807) is 18.3 Å². The Kier molecular flexibility index (Phi) is 14.3. The van der Waals surface area contributed by atoms with Crippen molar-refractivity contribution < 1.29 is 9.90 Å². The van der Waals surface area contributed by atoms with Crippen molar-refractivity contribution in [3.63, 3.8) is 0 Å². The third-order valence-electron chi connectivity index (χ3n) is 5.05. The molecule has 0 spiro atoms. The molecular formula is C24H39NO2. The van der Waals surface area contributed by atoms with Crippen LogP contribution in [0.4, 0.5) is 0 Å². The van der Waals surface area contributed by atoms with Crippen molar-refractivity contribution in [3.05, 3.63) is 41.7 Å². The summed E-state index contributed by atoms with van der Waals surface area (Å²) in [6.07, 6.45) is 25.2. The zero-order valence-electron chi connectivity index (χ0n) is 17.3. The smallest absolute Gasteiger partial charge is 0.337 e. The van der Waals surface area contributed by atoms with Gasteiger partial charge >= 0.3 is 5.97 Å². The van der Waals surface area contributed by atoms with E-state index in [0.717, 1.165) is 25.0 Å². The number of hydrogen-bond donors (Lipinski definition) is 1. The molecule has 0 atom stereocenters. The van der Waals surface area contributed by atoms with E-state index in [1.165, 1.54) is 77.0 Å². The van der Waals surface area contributed by atoms with Gasteiger partial charge in [0, 0.05) is 6.20 Å². The molecule has 3 heteroatoms. The third kappa shape index (κ3) is 12.4. The van der Waals surface area contributed by atoms with Gasteiger partial charge in [-0.1, -0.05) is 76.9 Å². The van der Waals surface area contributed by atoms with Crippen LogP contribution in [0.15, 0.2) is 30.5 Å². The Morgan fingerprint density at radius 1 is 0.889 bits per heavy atom. The molecule has 0 aliphatic carbocycles. The molecule has 1 aromatic heterocycles. The van der Waals surface area contributed by atoms with Gasteiger partial charge in [0.2, 0.25) is 0 Å². The molecule has 0 amide bonds. The molecule has 0 saturated carbocycles. The van der Waals surface area contributed by atoms with Gasteiger partial charge in [-0.2, -0.15) is 0 Å². The fourth-order valence-electron chi connectivity index (χ4n) is 3.37. The molecule has 0 aliphatic heterocycles. The lowest BCUT2D eigenvalue weighted by atomic mass is 10.0. The SMILES string of the molecule is CCCCCCCC/C=C\CCCCCCCCc1ncccc1C(=O)O. The van der Waals surface area contributed by atoms with Crippen LogP contribution in [0.5, 0.6) is 0 Å². The Morgan fingerprint density at radius 3 is 2.04 bits per heavy atom. The summed E-state index contributed by atoms with van der Waals surface area (Å²) in [5, 5.41) is 9.16. The van der Waals surface area contributed by atoms with E-state index < -0.39 is 5.97 Å². The average Bonchev–Trinajstić information content (AvgIpc) is 2.68. The summed E-state index contributed by atoms with van der Waals surface area (Å²) in [6.45, 7) is 2.27. The highest BCUT2D eigenvalue weighted by Crippen LogP contribution is 2.13. The van der Waals surface area contributed by atoms with Crippen molar-refractivity contribution >= 4 is 5.97 Å². The molecule has 1 heterocycles. The van der Waals surface area contributed by atoms with Crippen molar-refractivity contribution in [2.45, 2.75) is 103 Å². The van der Waals surface area contributed by atoms with E-state index in [4.69, 9.17) is 5.11 Å². The number of allylic oxidation sites excluding steroid dienone is 2. The highest BCUT2D eigenvalue weighted by molar-refractivity contribution is 5.88. The number of carboxylic acids is 1. The number of aromatic carboxylic acids is 1. The fraction of sp³-hybridized carbons (Fsp3) is 0.667. The van der Waals surface area contributed by atoms with Crippen LogP contribution >= 0.6 is 0 Å². The van der Waals surface area contributed by atoms with Crippen molar-refractivity contribution in [1.82, 2.24) is 4.98 Å². The van der Waals surface area contributed by atoms with Crippen LogP contribution in [0.3, 0.4) is 0 Å². The van der Waals surface area contributed by atoms with E-state index in [1.807, 2.05) is 0 Å². The van der Waals surface area contributed by atoms with Crippen molar-refractivity contribution in [2.75, 3.05) is 0 Å². The van der Waals surface area contributed by atoms with E-state index in [9.17, 15) is 4.79 Å². The number of pyridine rings is 1. The van der Waals surface area contributed by atoms with Gasteiger partial charge in [0.05, 0.1) is 11.3 Å². The molecule has 0 aliphatic rings. The van der Waals surface area contributed by atoms with Crippen LogP contribution in [0.2, 0.25) is 0 Å². The molecule has 152 valence electrons. The van der Waals surface area contributed by atoms with Crippen LogP contribution in [-0.4, -0.2) is 16.1 Å². The van der Waals surface area contributed by atoms with E-state index in [2.05, 4.69) is 24.1 Å². The van der Waals surface area contributed by atoms with E-state index in [-0.39, 0.29) is 0 Å². The number of aromatic nitrogens is 1. The molecule has 0 aromatic carbocycles. The second-order valence-electron chi connectivity index (χ2n) is 7.49. The standard InChI is InChI=1S/C24H39NO2/c1-2-3-4-5-6-7-8-9-10-11-12-13-14-15-16-17-20-23-22(24(26)27)19-18-21-25-23/h9-10,18-19,21H,2-8,11-17,20H2,1H3,(H,26,27)/b10-9-. The van der Waals surface area contributed by atoms with Gasteiger partial charge in [0.25, 0.3) is 0 Å². The number of aryl methyl sites for hydroxylation is 1. The van der Waals surface area contributed by atoms with Crippen LogP contribution in [0, 0.1) is 0 Å². The van der Waals surface area contributed by atoms with E-state index in [0.29, 0.717) is 5.56 Å². The van der Waals surface area contributed by atoms with Crippen LogP contribution < -0.4 is 0 Å². The number of unbranched alkanes of at least 4 members (excludes halogenated alkanes) is 12. The fourth-order valence-corrected chi connectivity index (χ4v) is 3.37. The summed E-state index contributed by atoms with van der Waals surface area (Å²) in [6, 6.07) is 3.33. The highest BCUT2D eigenvalue weighted by atomic mass is 16.4. The second-order valence-corrected chi connectivity index (χ2v) is 7.49. The first-order valence-corrected chi connectivity index (χ1v) is 11.1. The zero-order chi connectivity index (χ0) is 19.6. The number of nitrogens with zero attached hydrogens (tertiary/aromatic N) is 1. The lowest BCUT2D eigenvalue weighted by Crippen LogP contribution is -2.04. The topological polar surface area (TPSA) is 50.2 Å². The van der Waals surface area contributed by atoms with Crippen molar-refractivity contribution in [2.24, 2.45) is 0 Å². The summed E-state index contributed by atoms with van der Waals surface area (Å²) in [5.74, 6) is -0.873. The highest BCUT2D eigenvalue weighted by Gasteiger charge is 2.09. The second kappa shape index (κ2) is 16.5. The number of hydrogen-bond acceptors (Lipinski definition) is 2. The quantitative estimate of drug-likeness (QED) is 0.229. The average molecular weight is 374 g/mol. The van der Waals surface area contributed by atoms with Crippen LogP contribution in [0.25, 0.3) is 0 Å². The van der Waals surface area contributed by atoms with Gasteiger partial charge in [0.15, 0.2) is 0 Å². The minimum Gasteiger partial charge on any atom is -0.478 e.